The fourth-order valence-electron chi connectivity index (χ4n) is 6.18. The van der Waals surface area contributed by atoms with Crippen molar-refractivity contribution in [2.45, 2.75) is 50.0 Å². The predicted octanol–water partition coefficient (Wildman–Crippen LogP) is 6.97. The molecule has 1 aromatic heterocycles. The summed E-state index contributed by atoms with van der Waals surface area (Å²) in [6, 6.07) is 30.2. The van der Waals surface area contributed by atoms with Crippen molar-refractivity contribution in [3.63, 3.8) is 0 Å². The van der Waals surface area contributed by atoms with Gasteiger partial charge in [0.05, 0.1) is 39.2 Å². The highest BCUT2D eigenvalue weighted by Crippen LogP contribution is 2.44. The first-order valence-electron chi connectivity index (χ1n) is 16.0. The molecule has 8 nitrogen and oxygen atoms in total. The Morgan fingerprint density at radius 3 is 1.96 bits per heavy atom. The zero-order valence-corrected chi connectivity index (χ0v) is 26.4. The molecule has 0 unspecified atom stereocenters. The molecule has 5 atom stereocenters. The Morgan fingerprint density at radius 1 is 0.776 bits per heavy atom. The lowest BCUT2D eigenvalue weighted by Crippen LogP contribution is -2.63. The van der Waals surface area contributed by atoms with Crippen LogP contribution in [0.2, 0.25) is 0 Å². The first kappa shape index (κ1) is 32.9. The molecule has 3 heterocycles. The summed E-state index contributed by atoms with van der Waals surface area (Å²) in [5.41, 5.74) is 2.99. The van der Waals surface area contributed by atoms with Gasteiger partial charge in [-0.1, -0.05) is 102 Å². The summed E-state index contributed by atoms with van der Waals surface area (Å²) in [5.74, 6) is -5.58. The van der Waals surface area contributed by atoms with E-state index in [1.165, 1.54) is 6.20 Å². The summed E-state index contributed by atoms with van der Waals surface area (Å²) in [6.45, 7) is 1.18. The minimum atomic E-state index is -1.56. The molecule has 2 aliphatic rings. The summed E-state index contributed by atoms with van der Waals surface area (Å²) < 4.78 is 76.5. The van der Waals surface area contributed by atoms with Crippen molar-refractivity contribution in [1.29, 1.82) is 0 Å². The second kappa shape index (κ2) is 14.9. The summed E-state index contributed by atoms with van der Waals surface area (Å²) in [4.78, 5) is 0. The first-order chi connectivity index (χ1) is 24.0. The number of ether oxygens (including phenoxy) is 5. The van der Waals surface area contributed by atoms with Crippen molar-refractivity contribution in [3.05, 3.63) is 156 Å². The van der Waals surface area contributed by atoms with Crippen LogP contribution in [0.3, 0.4) is 0 Å². The van der Waals surface area contributed by atoms with Crippen molar-refractivity contribution in [3.8, 4) is 11.3 Å². The van der Waals surface area contributed by atoms with Crippen LogP contribution in [0.5, 0.6) is 0 Å². The van der Waals surface area contributed by atoms with Gasteiger partial charge in [0.15, 0.2) is 17.5 Å². The Labute approximate surface area is 281 Å². The van der Waals surface area contributed by atoms with Gasteiger partial charge in [-0.25, -0.2) is 17.9 Å². The molecule has 0 saturated carbocycles. The number of benzene rings is 4. The Morgan fingerprint density at radius 2 is 1.37 bits per heavy atom. The van der Waals surface area contributed by atoms with E-state index < -0.39 is 47.6 Å². The van der Waals surface area contributed by atoms with E-state index in [4.69, 9.17) is 23.7 Å². The van der Waals surface area contributed by atoms with Crippen LogP contribution in [0.1, 0.15) is 22.7 Å². The molecule has 0 amide bonds. The van der Waals surface area contributed by atoms with Gasteiger partial charge in [-0.3, -0.25) is 0 Å². The van der Waals surface area contributed by atoms with Gasteiger partial charge in [0, 0.05) is 5.56 Å². The van der Waals surface area contributed by atoms with Crippen molar-refractivity contribution in [1.82, 2.24) is 15.0 Å². The smallest absolute Gasteiger partial charge is 0.218 e. The molecule has 7 rings (SSSR count). The quantitative estimate of drug-likeness (QED) is 0.105. The number of hydrogen-bond donors (Lipinski definition) is 0. The predicted molar refractivity (Wildman–Crippen MR) is 173 cm³/mol. The van der Waals surface area contributed by atoms with Gasteiger partial charge in [0.1, 0.15) is 30.0 Å². The molecule has 1 spiro atoms. The van der Waals surface area contributed by atoms with Crippen LogP contribution >= 0.6 is 0 Å². The summed E-state index contributed by atoms with van der Waals surface area (Å²) in [7, 11) is 0. The Bertz CT molecular complexity index is 1840. The number of rotatable bonds is 12. The fraction of sp³-hybridized carbons (Fsp3) is 0.263. The van der Waals surface area contributed by atoms with E-state index >= 15 is 0 Å². The van der Waals surface area contributed by atoms with Gasteiger partial charge in [0.2, 0.25) is 5.79 Å². The average molecular weight is 670 g/mol. The summed E-state index contributed by atoms with van der Waals surface area (Å²) in [6.07, 6.45) is 2.96. The third kappa shape index (κ3) is 7.36. The zero-order valence-electron chi connectivity index (χ0n) is 26.4. The molecule has 1 saturated heterocycles. The minimum Gasteiger partial charge on any atom is -0.374 e. The number of halogens is 3. The second-order valence-electron chi connectivity index (χ2n) is 11.9. The molecule has 11 heteroatoms. The van der Waals surface area contributed by atoms with Crippen LogP contribution in [-0.4, -0.2) is 52.3 Å². The van der Waals surface area contributed by atoms with Crippen molar-refractivity contribution < 1.29 is 36.9 Å². The topological polar surface area (TPSA) is 76.9 Å². The minimum absolute atomic E-state index is 0.0210. The molecule has 2 aliphatic heterocycles. The molecule has 4 aromatic carbocycles. The van der Waals surface area contributed by atoms with Crippen LogP contribution in [-0.2, 0) is 43.5 Å². The molecule has 0 aliphatic carbocycles. The largest absolute Gasteiger partial charge is 0.374 e. The maximum Gasteiger partial charge on any atom is 0.218 e. The van der Waals surface area contributed by atoms with Crippen LogP contribution < -0.4 is 0 Å². The Hall–Kier alpha value is -4.65. The molecule has 5 aromatic rings. The first-order valence-corrected chi connectivity index (χ1v) is 16.0. The second-order valence-corrected chi connectivity index (χ2v) is 11.9. The molecule has 49 heavy (non-hydrogen) atoms. The highest BCUT2D eigenvalue weighted by molar-refractivity contribution is 5.58. The van der Waals surface area contributed by atoms with Gasteiger partial charge in [-0.15, -0.1) is 5.10 Å². The van der Waals surface area contributed by atoms with Crippen LogP contribution in [0.25, 0.3) is 11.3 Å². The van der Waals surface area contributed by atoms with E-state index in [9.17, 15) is 13.2 Å². The third-order valence-corrected chi connectivity index (χ3v) is 8.55. The van der Waals surface area contributed by atoms with Gasteiger partial charge in [-0.05, 0) is 34.9 Å². The van der Waals surface area contributed by atoms with E-state index in [1.807, 2.05) is 103 Å². The lowest BCUT2D eigenvalue weighted by Gasteiger charge is -2.50. The van der Waals surface area contributed by atoms with Crippen molar-refractivity contribution in [2.75, 3.05) is 13.2 Å². The average Bonchev–Trinajstić information content (AvgIpc) is 3.81. The molecule has 252 valence electrons. The molecule has 0 bridgehead atoms. The normalized spacial score (nSPS) is 23.3. The van der Waals surface area contributed by atoms with Gasteiger partial charge >= 0.3 is 0 Å². The van der Waals surface area contributed by atoms with Crippen LogP contribution in [0.4, 0.5) is 13.2 Å². The fourth-order valence-corrected chi connectivity index (χ4v) is 6.18. The lowest BCUT2D eigenvalue weighted by atomic mass is 9.89. The van der Waals surface area contributed by atoms with Crippen molar-refractivity contribution in [2.24, 2.45) is 0 Å². The maximum absolute atomic E-state index is 14.3. The van der Waals surface area contributed by atoms with Gasteiger partial charge < -0.3 is 23.7 Å². The van der Waals surface area contributed by atoms with Gasteiger partial charge in [-0.2, -0.15) is 0 Å². The summed E-state index contributed by atoms with van der Waals surface area (Å²) >= 11 is 0. The van der Waals surface area contributed by atoms with E-state index in [-0.39, 0.29) is 37.7 Å². The van der Waals surface area contributed by atoms with Gasteiger partial charge in [0.25, 0.3) is 0 Å². The number of nitrogens with zero attached hydrogens (tertiary/aromatic N) is 3. The van der Waals surface area contributed by atoms with E-state index in [0.717, 1.165) is 28.8 Å². The Balaban J connectivity index is 1.28. The van der Waals surface area contributed by atoms with E-state index in [0.29, 0.717) is 6.61 Å². The molecular formula is C38H34F3N3O5. The summed E-state index contributed by atoms with van der Waals surface area (Å²) in [5, 5.41) is 8.65. The zero-order chi connectivity index (χ0) is 33.6. The van der Waals surface area contributed by atoms with Crippen LogP contribution in [0.15, 0.2) is 121 Å². The molecule has 1 fully saturated rings. The lowest BCUT2D eigenvalue weighted by molar-refractivity contribution is -0.339. The monoisotopic (exact) mass is 669 g/mol. The van der Waals surface area contributed by atoms with E-state index in [1.54, 1.807) is 4.68 Å². The maximum atomic E-state index is 14.3. The molecule has 0 N–H and O–H groups in total. The number of hydrogen-bond acceptors (Lipinski definition) is 7. The standard InChI is InChI=1S/C38H34F3N3O5/c39-30-19-29(20-31(40)34(30)41)32-21-44(43-42-32)35-36(46-23-27-13-6-2-7-14-27)33(25-45-22-26-11-4-1-5-12-26)49-38(17-10-18-48-38)37(35)47-24-28-15-8-3-9-16-28/h1-17,19-21,33,35-37H,18,22-25H2/t33-,35+,36+,37-,38+/m1/s1. The SMILES string of the molecule is Fc1cc(-c2cn([C@H]3[C@@H](OCc4ccccc4)[C@@H](COCc4ccccc4)O[C@@]4(C=CCO4)[C@@H]3OCc3ccccc3)nn2)cc(F)c1F. The third-order valence-electron chi connectivity index (χ3n) is 8.55. The highest BCUT2D eigenvalue weighted by Gasteiger charge is 2.58. The Kier molecular flexibility index (Phi) is 9.97. The van der Waals surface area contributed by atoms with Crippen molar-refractivity contribution >= 4 is 0 Å². The van der Waals surface area contributed by atoms with E-state index in [2.05, 4.69) is 10.3 Å². The number of aromatic nitrogens is 3. The molecule has 0 radical (unpaired) electrons. The van der Waals surface area contributed by atoms with Crippen LogP contribution in [0, 0.1) is 17.5 Å². The highest BCUT2D eigenvalue weighted by atomic mass is 19.2. The molecular weight excluding hydrogens is 635 g/mol.